The number of thiol groups is 1. The highest BCUT2D eigenvalue weighted by atomic mass is 33.3. The van der Waals surface area contributed by atoms with E-state index in [9.17, 15) is 0 Å². The molecule has 0 amide bonds. The van der Waals surface area contributed by atoms with Crippen molar-refractivity contribution in [2.75, 3.05) is 6.61 Å². The minimum atomic E-state index is -1.31. The van der Waals surface area contributed by atoms with Gasteiger partial charge in [0.2, 0.25) is 7.58 Å². The van der Waals surface area contributed by atoms with E-state index in [4.69, 9.17) is 9.42 Å². The van der Waals surface area contributed by atoms with Gasteiger partial charge in [0, 0.05) is 0 Å². The molecule has 0 aliphatic carbocycles. The fourth-order valence-corrected chi connectivity index (χ4v) is 1.64. The lowest BCUT2D eigenvalue weighted by Gasteiger charge is -2.04. The minimum Gasteiger partial charge on any atom is -0.341 e. The molecule has 10 heavy (non-hydrogen) atoms. The quantitative estimate of drug-likeness (QED) is 0.299. The zero-order valence-electron chi connectivity index (χ0n) is 5.99. The van der Waals surface area contributed by atoms with Crippen LogP contribution in [-0.2, 0) is 4.52 Å². The third-order valence-electron chi connectivity index (χ3n) is 1.02. The Morgan fingerprint density at radius 1 is 1.60 bits per heavy atom. The SMILES string of the molecule is CCCCCOP(O)SS. The van der Waals surface area contributed by atoms with Gasteiger partial charge >= 0.3 is 0 Å². The summed E-state index contributed by atoms with van der Waals surface area (Å²) < 4.78 is 5.00. The van der Waals surface area contributed by atoms with Gasteiger partial charge in [0.1, 0.15) is 0 Å². The molecule has 0 aromatic heterocycles. The van der Waals surface area contributed by atoms with E-state index in [0.717, 1.165) is 16.8 Å². The lowest BCUT2D eigenvalue weighted by molar-refractivity contribution is 0.311. The van der Waals surface area contributed by atoms with Crippen molar-refractivity contribution in [1.29, 1.82) is 0 Å². The molecule has 0 aliphatic rings. The molecule has 1 N–H and O–H groups in total. The molecule has 0 radical (unpaired) electrons. The van der Waals surface area contributed by atoms with Crippen molar-refractivity contribution in [2.24, 2.45) is 0 Å². The second kappa shape index (κ2) is 8.15. The molecule has 1 atom stereocenters. The Bertz CT molecular complexity index is 74.7. The van der Waals surface area contributed by atoms with Crippen molar-refractivity contribution in [3.63, 3.8) is 0 Å². The zero-order valence-corrected chi connectivity index (χ0v) is 8.59. The molecule has 5 heteroatoms. The second-order valence-corrected chi connectivity index (χ2v) is 5.65. The minimum absolute atomic E-state index is 0.656. The van der Waals surface area contributed by atoms with Crippen LogP contribution in [0.2, 0.25) is 0 Å². The van der Waals surface area contributed by atoms with Crippen molar-refractivity contribution in [1.82, 2.24) is 0 Å². The standard InChI is InChI=1S/C5H13O2PS2/c1-2-3-4-5-7-8(6)10-9/h6,9H,2-5H2,1H3. The van der Waals surface area contributed by atoms with Gasteiger partial charge in [-0.1, -0.05) is 19.8 Å². The van der Waals surface area contributed by atoms with Gasteiger partial charge in [0.25, 0.3) is 0 Å². The number of hydrogen-bond donors (Lipinski definition) is 2. The van der Waals surface area contributed by atoms with Crippen LogP contribution >= 0.6 is 29.7 Å². The Kier molecular flexibility index (Phi) is 9.01. The predicted octanol–water partition coefficient (Wildman–Crippen LogP) is 2.99. The maximum atomic E-state index is 8.89. The summed E-state index contributed by atoms with van der Waals surface area (Å²) in [6, 6.07) is 0. The summed E-state index contributed by atoms with van der Waals surface area (Å²) >= 11 is 3.81. The lowest BCUT2D eigenvalue weighted by Crippen LogP contribution is -1.86. The van der Waals surface area contributed by atoms with Gasteiger partial charge in [0.05, 0.1) is 6.61 Å². The molecule has 0 heterocycles. The van der Waals surface area contributed by atoms with E-state index in [1.807, 2.05) is 0 Å². The van der Waals surface area contributed by atoms with Gasteiger partial charge < -0.3 is 9.42 Å². The first-order chi connectivity index (χ1) is 4.81. The average molecular weight is 200 g/mol. The lowest BCUT2D eigenvalue weighted by atomic mass is 10.3. The molecule has 0 saturated heterocycles. The van der Waals surface area contributed by atoms with E-state index < -0.39 is 7.58 Å². The first-order valence-corrected chi connectivity index (χ1v) is 6.93. The van der Waals surface area contributed by atoms with E-state index in [1.165, 1.54) is 12.8 Å². The smallest absolute Gasteiger partial charge is 0.246 e. The summed E-state index contributed by atoms with van der Waals surface area (Å²) in [4.78, 5) is 8.89. The topological polar surface area (TPSA) is 29.5 Å². The average Bonchev–Trinajstić information content (AvgIpc) is 1.98. The summed E-state index contributed by atoms with van der Waals surface area (Å²) in [6.07, 6.45) is 3.38. The maximum absolute atomic E-state index is 8.89. The fraction of sp³-hybridized carbons (Fsp3) is 1.00. The van der Waals surface area contributed by atoms with Gasteiger partial charge in [-0.25, -0.2) is 0 Å². The van der Waals surface area contributed by atoms with Crippen molar-refractivity contribution in [3.8, 4) is 0 Å². The number of unbranched alkanes of at least 4 members (excludes halogenated alkanes) is 2. The van der Waals surface area contributed by atoms with Crippen LogP contribution in [0.4, 0.5) is 0 Å². The van der Waals surface area contributed by atoms with Crippen LogP contribution in [0.1, 0.15) is 26.2 Å². The van der Waals surface area contributed by atoms with Crippen LogP contribution in [0, 0.1) is 0 Å². The number of hydrogen-bond acceptors (Lipinski definition) is 4. The molecule has 62 valence electrons. The largest absolute Gasteiger partial charge is 0.341 e. The maximum Gasteiger partial charge on any atom is 0.246 e. The summed E-state index contributed by atoms with van der Waals surface area (Å²) in [5, 5.41) is 0. The molecule has 0 rings (SSSR count). The van der Waals surface area contributed by atoms with Crippen LogP contribution in [0.25, 0.3) is 0 Å². The van der Waals surface area contributed by atoms with Crippen LogP contribution in [0.3, 0.4) is 0 Å². The third-order valence-corrected chi connectivity index (χ3v) is 3.56. The van der Waals surface area contributed by atoms with E-state index in [2.05, 4.69) is 18.6 Å². The molecule has 1 unspecified atom stereocenters. The summed E-state index contributed by atoms with van der Waals surface area (Å²) in [5.41, 5.74) is 0. The van der Waals surface area contributed by atoms with Crippen LogP contribution in [-0.4, -0.2) is 11.5 Å². The van der Waals surface area contributed by atoms with Crippen molar-refractivity contribution in [3.05, 3.63) is 0 Å². The number of rotatable bonds is 6. The van der Waals surface area contributed by atoms with E-state index >= 15 is 0 Å². The normalized spacial score (nSPS) is 13.5. The predicted molar refractivity (Wildman–Crippen MR) is 51.2 cm³/mol. The Morgan fingerprint density at radius 3 is 2.80 bits per heavy atom. The summed E-state index contributed by atoms with van der Waals surface area (Å²) in [7, 11) is -0.239. The molecular weight excluding hydrogens is 187 g/mol. The first-order valence-electron chi connectivity index (χ1n) is 3.24. The molecule has 0 aliphatic heterocycles. The highest BCUT2D eigenvalue weighted by molar-refractivity contribution is 8.92. The molecule has 0 bridgehead atoms. The van der Waals surface area contributed by atoms with E-state index in [0.29, 0.717) is 6.61 Å². The van der Waals surface area contributed by atoms with Gasteiger partial charge in [0.15, 0.2) is 0 Å². The van der Waals surface area contributed by atoms with Crippen molar-refractivity contribution in [2.45, 2.75) is 26.2 Å². The van der Waals surface area contributed by atoms with Crippen molar-refractivity contribution >= 4 is 29.7 Å². The third kappa shape index (κ3) is 7.16. The second-order valence-electron chi connectivity index (χ2n) is 1.86. The molecule has 0 aromatic carbocycles. The Hall–Kier alpha value is 1.05. The van der Waals surface area contributed by atoms with Gasteiger partial charge in [-0.2, -0.15) is 0 Å². The molecule has 0 fully saturated rings. The molecule has 0 aromatic rings. The Morgan fingerprint density at radius 2 is 2.30 bits per heavy atom. The molecule has 0 spiro atoms. The van der Waals surface area contributed by atoms with E-state index in [1.54, 1.807) is 0 Å². The monoisotopic (exact) mass is 200 g/mol. The van der Waals surface area contributed by atoms with Crippen molar-refractivity contribution < 1.29 is 9.42 Å². The van der Waals surface area contributed by atoms with Gasteiger partial charge in [-0.15, -0.1) is 11.7 Å². The molecular formula is C5H13O2PS2. The Balaban J connectivity index is 2.89. The van der Waals surface area contributed by atoms with Crippen LogP contribution < -0.4 is 0 Å². The molecule has 0 saturated carbocycles. The first kappa shape index (κ1) is 11.1. The van der Waals surface area contributed by atoms with Gasteiger partial charge in [-0.05, 0) is 16.8 Å². The highest BCUT2D eigenvalue weighted by Crippen LogP contribution is 2.48. The summed E-state index contributed by atoms with van der Waals surface area (Å²) in [5.74, 6) is 0. The zero-order chi connectivity index (χ0) is 7.82. The fourth-order valence-electron chi connectivity index (χ4n) is 0.518. The Labute approximate surface area is 72.2 Å². The molecule has 2 nitrogen and oxygen atoms in total. The van der Waals surface area contributed by atoms with E-state index in [-0.39, 0.29) is 0 Å². The van der Waals surface area contributed by atoms with Crippen LogP contribution in [0.5, 0.6) is 0 Å². The summed E-state index contributed by atoms with van der Waals surface area (Å²) in [6.45, 7) is 2.79. The highest BCUT2D eigenvalue weighted by Gasteiger charge is 2.00. The van der Waals surface area contributed by atoms with Crippen LogP contribution in [0.15, 0.2) is 0 Å². The van der Waals surface area contributed by atoms with Gasteiger partial charge in [-0.3, -0.25) is 0 Å².